The first-order valence-corrected chi connectivity index (χ1v) is 10.9. The zero-order valence-electron chi connectivity index (χ0n) is 15.8. The molecule has 2 heterocycles. The van der Waals surface area contributed by atoms with Gasteiger partial charge in [0.05, 0.1) is 0 Å². The zero-order chi connectivity index (χ0) is 21.1. The molecule has 0 spiro atoms. The number of hydrogen-bond donors (Lipinski definition) is 0. The number of benzene rings is 1. The number of halogens is 3. The first-order valence-electron chi connectivity index (χ1n) is 9.47. The average molecular weight is 432 g/mol. The van der Waals surface area contributed by atoms with Crippen LogP contribution in [0, 0.1) is 0 Å². The van der Waals surface area contributed by atoms with Crippen LogP contribution in [-0.2, 0) is 14.9 Å². The molecule has 1 aromatic rings. The molecule has 0 N–H and O–H groups in total. The topological polar surface area (TPSA) is 66.9 Å². The predicted octanol–water partition coefficient (Wildman–Crippen LogP) is 3.02. The third-order valence-electron chi connectivity index (χ3n) is 5.12. The maximum Gasteiger partial charge on any atom is 0.534 e. The minimum Gasteiger partial charge on any atom is -0.376 e. The molecule has 10 heteroatoms. The van der Waals surface area contributed by atoms with Gasteiger partial charge in [0, 0.05) is 25.2 Å². The lowest BCUT2D eigenvalue weighted by atomic mass is 10.2. The summed E-state index contributed by atoms with van der Waals surface area (Å²) in [7, 11) is -5.70. The molecule has 2 fully saturated rings. The van der Waals surface area contributed by atoms with Gasteiger partial charge in [0.1, 0.15) is 5.75 Å². The second-order valence-corrected chi connectivity index (χ2v) is 8.76. The van der Waals surface area contributed by atoms with E-state index in [0.717, 1.165) is 44.6 Å². The number of amides is 1. The molecule has 29 heavy (non-hydrogen) atoms. The molecule has 0 saturated carbocycles. The van der Waals surface area contributed by atoms with Crippen LogP contribution in [0.15, 0.2) is 30.3 Å². The Morgan fingerprint density at radius 1 is 1.10 bits per heavy atom. The molecule has 2 aliphatic rings. The Morgan fingerprint density at radius 3 is 2.38 bits per heavy atom. The van der Waals surface area contributed by atoms with Gasteiger partial charge in [-0.15, -0.1) is 0 Å². The van der Waals surface area contributed by atoms with Gasteiger partial charge in [-0.1, -0.05) is 12.1 Å². The van der Waals surface area contributed by atoms with Gasteiger partial charge in [0.15, 0.2) is 0 Å². The molecule has 0 radical (unpaired) electrons. The number of alkyl halides is 3. The second kappa shape index (κ2) is 8.74. The fraction of sp³-hybridized carbons (Fsp3) is 0.526. The third-order valence-corrected chi connectivity index (χ3v) is 6.09. The zero-order valence-corrected chi connectivity index (χ0v) is 16.6. The van der Waals surface area contributed by atoms with Crippen LogP contribution in [0.3, 0.4) is 0 Å². The van der Waals surface area contributed by atoms with E-state index in [0.29, 0.717) is 12.1 Å². The van der Waals surface area contributed by atoms with Gasteiger partial charge in [0.2, 0.25) is 5.91 Å². The van der Waals surface area contributed by atoms with Gasteiger partial charge in [0.25, 0.3) is 0 Å². The predicted molar refractivity (Wildman–Crippen MR) is 101 cm³/mol. The standard InChI is InChI=1S/C19H23F3N2O4S/c20-19(21,22)29(26,27)28-17-8-5-15(6-9-17)7-10-18(25)24-13-3-4-16(24)14-23-11-1-2-12-23/h5-10,16H,1-4,11-14H2/b10-7+. The second-order valence-electron chi connectivity index (χ2n) is 7.22. The Hall–Kier alpha value is -2.07. The van der Waals surface area contributed by atoms with Gasteiger partial charge in [-0.05, 0) is 62.5 Å². The highest BCUT2D eigenvalue weighted by Crippen LogP contribution is 2.27. The van der Waals surface area contributed by atoms with Crippen molar-refractivity contribution in [1.29, 1.82) is 0 Å². The number of carbonyl (C=O) groups is 1. The summed E-state index contributed by atoms with van der Waals surface area (Å²) in [5.41, 5.74) is -4.94. The molecule has 1 atom stereocenters. The largest absolute Gasteiger partial charge is 0.534 e. The molecule has 2 aliphatic heterocycles. The summed E-state index contributed by atoms with van der Waals surface area (Å²) in [5.74, 6) is -0.553. The number of hydrogen-bond acceptors (Lipinski definition) is 5. The molecule has 2 saturated heterocycles. The molecule has 1 aromatic carbocycles. The monoisotopic (exact) mass is 432 g/mol. The number of carbonyl (C=O) groups excluding carboxylic acids is 1. The molecule has 1 unspecified atom stereocenters. The Kier molecular flexibility index (Phi) is 6.52. The van der Waals surface area contributed by atoms with Crippen LogP contribution >= 0.6 is 0 Å². The van der Waals surface area contributed by atoms with Crippen LogP contribution < -0.4 is 4.18 Å². The van der Waals surface area contributed by atoms with Gasteiger partial charge >= 0.3 is 15.6 Å². The van der Waals surface area contributed by atoms with Crippen LogP contribution in [-0.4, -0.2) is 61.9 Å². The molecule has 0 aliphatic carbocycles. The van der Waals surface area contributed by atoms with E-state index in [1.54, 1.807) is 6.08 Å². The van der Waals surface area contributed by atoms with Crippen molar-refractivity contribution in [3.05, 3.63) is 35.9 Å². The minimum absolute atomic E-state index is 0.105. The quantitative estimate of drug-likeness (QED) is 0.393. The maximum atomic E-state index is 12.6. The van der Waals surface area contributed by atoms with Crippen molar-refractivity contribution < 1.29 is 30.6 Å². The summed E-state index contributed by atoms with van der Waals surface area (Å²) < 4.78 is 63.1. The van der Waals surface area contributed by atoms with Gasteiger partial charge in [-0.25, -0.2) is 0 Å². The van der Waals surface area contributed by atoms with Crippen molar-refractivity contribution in [2.75, 3.05) is 26.2 Å². The molecule has 0 aromatic heterocycles. The first kappa shape index (κ1) is 21.6. The smallest absolute Gasteiger partial charge is 0.376 e. The number of likely N-dealkylation sites (tertiary alicyclic amines) is 2. The summed E-state index contributed by atoms with van der Waals surface area (Å²) in [4.78, 5) is 16.8. The highest BCUT2D eigenvalue weighted by Gasteiger charge is 2.48. The highest BCUT2D eigenvalue weighted by atomic mass is 32.2. The van der Waals surface area contributed by atoms with Crippen molar-refractivity contribution in [2.24, 2.45) is 0 Å². The van der Waals surface area contributed by atoms with E-state index >= 15 is 0 Å². The maximum absolute atomic E-state index is 12.6. The van der Waals surface area contributed by atoms with Crippen LogP contribution in [0.1, 0.15) is 31.2 Å². The van der Waals surface area contributed by atoms with Crippen LogP contribution in [0.2, 0.25) is 0 Å². The summed E-state index contributed by atoms with van der Waals surface area (Å²) in [5, 5.41) is 0. The Bertz CT molecular complexity index is 847. The van der Waals surface area contributed by atoms with Crippen molar-refractivity contribution >= 4 is 22.1 Å². The minimum atomic E-state index is -5.70. The molecule has 6 nitrogen and oxygen atoms in total. The van der Waals surface area contributed by atoms with E-state index in [2.05, 4.69) is 9.08 Å². The van der Waals surface area contributed by atoms with E-state index in [4.69, 9.17) is 0 Å². The molecule has 1 amide bonds. The van der Waals surface area contributed by atoms with E-state index < -0.39 is 21.4 Å². The van der Waals surface area contributed by atoms with Crippen LogP contribution in [0.25, 0.3) is 6.08 Å². The molecule has 0 bridgehead atoms. The lowest BCUT2D eigenvalue weighted by molar-refractivity contribution is -0.127. The van der Waals surface area contributed by atoms with Crippen molar-refractivity contribution in [2.45, 2.75) is 37.2 Å². The van der Waals surface area contributed by atoms with Crippen molar-refractivity contribution in [3.63, 3.8) is 0 Å². The fourth-order valence-corrected chi connectivity index (χ4v) is 4.11. The van der Waals surface area contributed by atoms with Gasteiger partial charge in [-0.2, -0.15) is 21.6 Å². The third kappa shape index (κ3) is 5.51. The van der Waals surface area contributed by atoms with Gasteiger partial charge < -0.3 is 14.0 Å². The van der Waals surface area contributed by atoms with E-state index in [1.165, 1.54) is 31.1 Å². The van der Waals surface area contributed by atoms with E-state index in [1.807, 2.05) is 4.90 Å². The van der Waals surface area contributed by atoms with Crippen LogP contribution in [0.4, 0.5) is 13.2 Å². The Labute approximate surface area is 168 Å². The highest BCUT2D eigenvalue weighted by molar-refractivity contribution is 7.88. The fourth-order valence-electron chi connectivity index (χ4n) is 3.65. The van der Waals surface area contributed by atoms with E-state index in [9.17, 15) is 26.4 Å². The molecule has 160 valence electrons. The Morgan fingerprint density at radius 2 is 1.76 bits per heavy atom. The van der Waals surface area contributed by atoms with Crippen LogP contribution in [0.5, 0.6) is 5.75 Å². The van der Waals surface area contributed by atoms with E-state index in [-0.39, 0.29) is 11.9 Å². The van der Waals surface area contributed by atoms with Gasteiger partial charge in [-0.3, -0.25) is 4.79 Å². The lowest BCUT2D eigenvalue weighted by Crippen LogP contribution is -2.41. The number of rotatable bonds is 6. The Balaban J connectivity index is 1.58. The number of nitrogens with zero attached hydrogens (tertiary/aromatic N) is 2. The van der Waals surface area contributed by atoms with Crippen molar-refractivity contribution in [3.8, 4) is 5.75 Å². The average Bonchev–Trinajstić information content (AvgIpc) is 3.32. The first-order chi connectivity index (χ1) is 13.7. The summed E-state index contributed by atoms with van der Waals surface area (Å²) >= 11 is 0. The SMILES string of the molecule is O=C(/C=C/c1ccc(OS(=O)(=O)C(F)(F)F)cc1)N1CCCC1CN1CCCC1. The molecular weight excluding hydrogens is 409 g/mol. The lowest BCUT2D eigenvalue weighted by Gasteiger charge is -2.27. The van der Waals surface area contributed by atoms with Crippen molar-refractivity contribution in [1.82, 2.24) is 9.80 Å². The molecule has 3 rings (SSSR count). The summed E-state index contributed by atoms with van der Waals surface area (Å²) in [6.45, 7) is 3.75. The normalized spacial score (nSPS) is 21.2. The molecular formula is C19H23F3N2O4S. The summed E-state index contributed by atoms with van der Waals surface area (Å²) in [6, 6.07) is 5.19. The summed E-state index contributed by atoms with van der Waals surface area (Å²) in [6.07, 6.45) is 7.34.